The quantitative estimate of drug-likeness (QED) is 0.274. The molecule has 0 spiro atoms. The van der Waals surface area contributed by atoms with Crippen LogP contribution in [0.25, 0.3) is 10.8 Å². The predicted octanol–water partition coefficient (Wildman–Crippen LogP) is 7.30. The van der Waals surface area contributed by atoms with E-state index >= 15 is 0 Å². The zero-order valence-corrected chi connectivity index (χ0v) is 23.4. The second kappa shape index (κ2) is 12.0. The normalized spacial score (nSPS) is 17.2. The third-order valence-electron chi connectivity index (χ3n) is 7.74. The summed E-state index contributed by atoms with van der Waals surface area (Å²) in [6.07, 6.45) is 0.878. The lowest BCUT2D eigenvalue weighted by molar-refractivity contribution is 0.0801. The molecule has 5 heteroatoms. The number of halogens is 1. The lowest BCUT2D eigenvalue weighted by Gasteiger charge is -2.34. The van der Waals surface area contributed by atoms with Crippen LogP contribution in [-0.2, 0) is 0 Å². The maximum absolute atomic E-state index is 13.0. The Morgan fingerprint density at radius 1 is 1.03 bits per heavy atom. The Hall–Kier alpha value is -3.34. The van der Waals surface area contributed by atoms with Crippen molar-refractivity contribution in [1.29, 1.82) is 0 Å². The number of hydrogen-bond acceptors (Lipinski definition) is 3. The maximum atomic E-state index is 13.0. The van der Waals surface area contributed by atoms with Crippen LogP contribution in [0.2, 0.25) is 0 Å². The fourth-order valence-electron chi connectivity index (χ4n) is 5.42. The summed E-state index contributed by atoms with van der Waals surface area (Å²) in [5, 5.41) is 6.28. The van der Waals surface area contributed by atoms with Gasteiger partial charge in [-0.25, -0.2) is 0 Å². The first kappa shape index (κ1) is 27.7. The van der Waals surface area contributed by atoms with Crippen molar-refractivity contribution >= 4 is 29.1 Å². The van der Waals surface area contributed by atoms with Gasteiger partial charge in [-0.15, -0.1) is 12.4 Å². The first-order valence-electron chi connectivity index (χ1n) is 13.3. The number of benzene rings is 4. The summed E-state index contributed by atoms with van der Waals surface area (Å²) in [7, 11) is 1.86. The number of rotatable bonds is 7. The lowest BCUT2D eigenvalue weighted by Crippen LogP contribution is -2.37. The third kappa shape index (κ3) is 5.57. The van der Waals surface area contributed by atoms with Crippen LogP contribution in [0.1, 0.15) is 64.8 Å². The van der Waals surface area contributed by atoms with Crippen LogP contribution in [0.5, 0.6) is 5.75 Å². The second-order valence-corrected chi connectivity index (χ2v) is 10.2. The van der Waals surface area contributed by atoms with Gasteiger partial charge >= 0.3 is 0 Å². The Bertz CT molecular complexity index is 1410. The van der Waals surface area contributed by atoms with Crippen molar-refractivity contribution in [2.24, 2.45) is 0 Å². The molecule has 0 fully saturated rings. The Morgan fingerprint density at radius 3 is 2.58 bits per heavy atom. The molecule has 1 aliphatic rings. The van der Waals surface area contributed by atoms with Gasteiger partial charge in [-0.2, -0.15) is 0 Å². The van der Waals surface area contributed by atoms with Gasteiger partial charge in [0.25, 0.3) is 5.91 Å². The van der Waals surface area contributed by atoms with E-state index < -0.39 is 0 Å². The molecule has 0 saturated carbocycles. The monoisotopic (exact) mass is 528 g/mol. The average molecular weight is 529 g/mol. The van der Waals surface area contributed by atoms with Gasteiger partial charge in [-0.3, -0.25) is 4.79 Å². The molecule has 1 N–H and O–H groups in total. The molecule has 5 rings (SSSR count). The minimum Gasteiger partial charge on any atom is -0.489 e. The summed E-state index contributed by atoms with van der Waals surface area (Å²) in [6.45, 7) is 7.66. The fourth-order valence-corrected chi connectivity index (χ4v) is 5.42. The zero-order valence-electron chi connectivity index (χ0n) is 22.6. The van der Waals surface area contributed by atoms with E-state index in [1.165, 1.54) is 27.5 Å². The molecule has 0 radical (unpaired) electrons. The number of nitrogens with zero attached hydrogens (tertiary/aromatic N) is 1. The average Bonchev–Trinajstić information content (AvgIpc) is 2.94. The highest BCUT2D eigenvalue weighted by Crippen LogP contribution is 2.41. The van der Waals surface area contributed by atoms with Crippen molar-refractivity contribution in [3.8, 4) is 5.75 Å². The molecular formula is C33H37ClN2O2. The van der Waals surface area contributed by atoms with Crippen molar-refractivity contribution in [2.75, 3.05) is 20.1 Å². The van der Waals surface area contributed by atoms with Crippen molar-refractivity contribution in [3.05, 3.63) is 113 Å². The number of carbonyl (C=O) groups excluding carboxylic acids is 1. The summed E-state index contributed by atoms with van der Waals surface area (Å²) in [4.78, 5) is 14.8. The molecule has 198 valence electrons. The minimum absolute atomic E-state index is 0. The molecule has 4 aromatic rings. The SMILES string of the molecule is CCN(C)C(=O)c1cc([C@@H]2C[C@H](CN[C@H](C)c3cccc4ccccc34)Oc3ccccc32)ccc1C.Cl. The first-order chi connectivity index (χ1) is 18.0. The van der Waals surface area contributed by atoms with Crippen LogP contribution in [-0.4, -0.2) is 37.0 Å². The standard InChI is InChI=1S/C33H36N2O2.ClH/c1-5-35(4)33(36)30-19-25(18-17-22(30)2)31-20-26(37-32-16-9-8-14-29(31)32)21-34-23(3)27-15-10-12-24-11-6-7-13-28(24)27;/h6-19,23,26,31,34H,5,20-21H2,1-4H3;1H/t23-,26-,31+;/m1./s1. The maximum Gasteiger partial charge on any atom is 0.253 e. The van der Waals surface area contributed by atoms with Crippen LogP contribution < -0.4 is 10.1 Å². The van der Waals surface area contributed by atoms with E-state index in [1.807, 2.05) is 27.0 Å². The second-order valence-electron chi connectivity index (χ2n) is 10.2. The highest BCUT2D eigenvalue weighted by molar-refractivity contribution is 5.95. The van der Waals surface area contributed by atoms with Gasteiger partial charge in [0.1, 0.15) is 11.9 Å². The van der Waals surface area contributed by atoms with E-state index in [0.29, 0.717) is 6.54 Å². The molecule has 4 nitrogen and oxygen atoms in total. The number of nitrogens with one attached hydrogen (secondary N) is 1. The van der Waals surface area contributed by atoms with E-state index in [2.05, 4.69) is 91.1 Å². The van der Waals surface area contributed by atoms with Crippen molar-refractivity contribution in [3.63, 3.8) is 0 Å². The largest absolute Gasteiger partial charge is 0.489 e. The summed E-state index contributed by atoms with van der Waals surface area (Å²) >= 11 is 0. The van der Waals surface area contributed by atoms with Gasteiger partial charge in [0, 0.05) is 43.2 Å². The van der Waals surface area contributed by atoms with Gasteiger partial charge in [0.05, 0.1) is 0 Å². The van der Waals surface area contributed by atoms with Crippen LogP contribution in [0.3, 0.4) is 0 Å². The molecule has 3 atom stereocenters. The highest BCUT2D eigenvalue weighted by Gasteiger charge is 2.30. The molecular weight excluding hydrogens is 492 g/mol. The van der Waals surface area contributed by atoms with Crippen LogP contribution in [0.4, 0.5) is 0 Å². The number of amides is 1. The van der Waals surface area contributed by atoms with Gasteiger partial charge in [0.2, 0.25) is 0 Å². The molecule has 0 bridgehead atoms. The van der Waals surface area contributed by atoms with Crippen LogP contribution in [0, 0.1) is 6.92 Å². The topological polar surface area (TPSA) is 41.6 Å². The number of hydrogen-bond donors (Lipinski definition) is 1. The molecule has 1 aliphatic heterocycles. The molecule has 0 aliphatic carbocycles. The zero-order chi connectivity index (χ0) is 25.9. The number of ether oxygens (including phenoxy) is 1. The summed E-state index contributed by atoms with van der Waals surface area (Å²) < 4.78 is 6.48. The number of para-hydroxylation sites is 1. The molecule has 38 heavy (non-hydrogen) atoms. The Labute approximate surface area is 232 Å². The van der Waals surface area contributed by atoms with E-state index in [9.17, 15) is 4.79 Å². The Morgan fingerprint density at radius 2 is 1.76 bits per heavy atom. The molecule has 0 saturated heterocycles. The Kier molecular flexibility index (Phi) is 8.76. The molecule has 1 amide bonds. The lowest BCUT2D eigenvalue weighted by atomic mass is 9.83. The smallest absolute Gasteiger partial charge is 0.253 e. The highest BCUT2D eigenvalue weighted by atomic mass is 35.5. The minimum atomic E-state index is 0. The van der Waals surface area contributed by atoms with Gasteiger partial charge in [-0.05, 0) is 66.8 Å². The summed E-state index contributed by atoms with van der Waals surface area (Å²) in [6, 6.07) is 29.9. The summed E-state index contributed by atoms with van der Waals surface area (Å²) in [5.41, 5.74) is 5.45. The molecule has 0 unspecified atom stereocenters. The van der Waals surface area contributed by atoms with Gasteiger partial charge < -0.3 is 15.0 Å². The Balaban J connectivity index is 0.00000336. The molecule has 0 aromatic heterocycles. The fraction of sp³-hybridized carbons (Fsp3) is 0.303. The molecule has 4 aromatic carbocycles. The third-order valence-corrected chi connectivity index (χ3v) is 7.74. The van der Waals surface area contributed by atoms with Crippen LogP contribution in [0.15, 0.2) is 84.9 Å². The van der Waals surface area contributed by atoms with Gasteiger partial charge in [0.15, 0.2) is 0 Å². The van der Waals surface area contributed by atoms with Crippen molar-refractivity contribution < 1.29 is 9.53 Å². The van der Waals surface area contributed by atoms with Crippen molar-refractivity contribution in [1.82, 2.24) is 10.2 Å². The first-order valence-corrected chi connectivity index (χ1v) is 13.3. The molecule has 1 heterocycles. The van der Waals surface area contributed by atoms with E-state index in [4.69, 9.17) is 4.74 Å². The van der Waals surface area contributed by atoms with Crippen molar-refractivity contribution in [2.45, 2.75) is 45.3 Å². The van der Waals surface area contributed by atoms with E-state index in [-0.39, 0.29) is 36.4 Å². The van der Waals surface area contributed by atoms with E-state index in [1.54, 1.807) is 4.90 Å². The van der Waals surface area contributed by atoms with E-state index in [0.717, 1.165) is 29.8 Å². The van der Waals surface area contributed by atoms with Crippen LogP contribution >= 0.6 is 12.4 Å². The number of aryl methyl sites for hydroxylation is 1. The van der Waals surface area contributed by atoms with Gasteiger partial charge in [-0.1, -0.05) is 72.8 Å². The summed E-state index contributed by atoms with van der Waals surface area (Å²) in [5.74, 6) is 1.18. The number of carbonyl (C=O) groups is 1. The number of fused-ring (bicyclic) bond motifs is 2. The predicted molar refractivity (Wildman–Crippen MR) is 159 cm³/mol.